The molecule has 0 spiro atoms. The zero-order valence-electron chi connectivity index (χ0n) is 19.7. The van der Waals surface area contributed by atoms with Crippen LogP contribution in [0.25, 0.3) is 11.4 Å². The van der Waals surface area contributed by atoms with Gasteiger partial charge in [0.05, 0.1) is 5.69 Å². The summed E-state index contributed by atoms with van der Waals surface area (Å²) < 4.78 is 13.8. The van der Waals surface area contributed by atoms with E-state index in [2.05, 4.69) is 59.7 Å². The maximum atomic E-state index is 6.76. The van der Waals surface area contributed by atoms with Gasteiger partial charge in [-0.25, -0.2) is 4.98 Å². The van der Waals surface area contributed by atoms with Crippen LogP contribution in [0.2, 0.25) is 5.15 Å². The molecule has 4 rings (SSSR count). The van der Waals surface area contributed by atoms with Gasteiger partial charge in [-0.15, -0.1) is 0 Å². The molecule has 176 valence electrons. The number of unbranched alkanes of at least 4 members (excludes halogenated alkanes) is 2. The Morgan fingerprint density at radius 2 is 1.70 bits per heavy atom. The van der Waals surface area contributed by atoms with Gasteiger partial charge in [-0.05, 0) is 37.1 Å². The van der Waals surface area contributed by atoms with Crippen LogP contribution in [0, 0.1) is 0 Å². The van der Waals surface area contributed by atoms with E-state index in [4.69, 9.17) is 26.1 Å². The van der Waals surface area contributed by atoms with Gasteiger partial charge in [0.2, 0.25) is 0 Å². The van der Waals surface area contributed by atoms with Crippen molar-refractivity contribution >= 4 is 11.6 Å². The molecule has 0 bridgehead atoms. The molecule has 1 aromatic heterocycles. The molecule has 0 saturated heterocycles. The first-order valence-electron chi connectivity index (χ1n) is 12.1. The minimum Gasteiger partial charge on any atom is -0.486 e. The SMILES string of the molecule is CCCCN(Cc1ccc2c(c1)OCCO2)Cc1c(Cl)nc(-c2ccccc2)n1CCCC. The quantitative estimate of drug-likeness (QED) is 0.319. The number of rotatable bonds is 11. The third kappa shape index (κ3) is 5.90. The molecule has 0 unspecified atom stereocenters. The number of halogens is 1. The summed E-state index contributed by atoms with van der Waals surface area (Å²) in [7, 11) is 0. The topological polar surface area (TPSA) is 39.5 Å². The van der Waals surface area contributed by atoms with Gasteiger partial charge in [-0.2, -0.15) is 0 Å². The van der Waals surface area contributed by atoms with E-state index < -0.39 is 0 Å². The summed E-state index contributed by atoms with van der Waals surface area (Å²) in [4.78, 5) is 7.26. The van der Waals surface area contributed by atoms with Gasteiger partial charge in [0.15, 0.2) is 16.7 Å². The smallest absolute Gasteiger partial charge is 0.161 e. The van der Waals surface area contributed by atoms with Crippen molar-refractivity contribution < 1.29 is 9.47 Å². The minimum atomic E-state index is 0.602. The lowest BCUT2D eigenvalue weighted by Crippen LogP contribution is -2.26. The van der Waals surface area contributed by atoms with Crippen molar-refractivity contribution in [3.63, 3.8) is 0 Å². The highest BCUT2D eigenvalue weighted by Gasteiger charge is 2.20. The lowest BCUT2D eigenvalue weighted by molar-refractivity contribution is 0.171. The van der Waals surface area contributed by atoms with Gasteiger partial charge in [-0.3, -0.25) is 4.90 Å². The molecule has 0 aliphatic carbocycles. The second kappa shape index (κ2) is 11.6. The minimum absolute atomic E-state index is 0.602. The number of imidazole rings is 1. The number of benzene rings is 2. The Hall–Kier alpha value is -2.50. The Morgan fingerprint density at radius 1 is 0.939 bits per heavy atom. The Bertz CT molecular complexity index is 1040. The first kappa shape index (κ1) is 23.7. The normalized spacial score (nSPS) is 13.0. The van der Waals surface area contributed by atoms with Gasteiger partial charge in [-0.1, -0.05) is 74.7 Å². The van der Waals surface area contributed by atoms with Crippen LogP contribution in [0.5, 0.6) is 11.5 Å². The highest BCUT2D eigenvalue weighted by atomic mass is 35.5. The number of ether oxygens (including phenoxy) is 2. The van der Waals surface area contributed by atoms with Gasteiger partial charge >= 0.3 is 0 Å². The molecule has 0 fully saturated rings. The van der Waals surface area contributed by atoms with Crippen LogP contribution < -0.4 is 9.47 Å². The van der Waals surface area contributed by atoms with Gasteiger partial charge in [0.1, 0.15) is 19.0 Å². The van der Waals surface area contributed by atoms with Gasteiger partial charge in [0, 0.05) is 25.2 Å². The van der Waals surface area contributed by atoms with Crippen molar-refractivity contribution in [3.8, 4) is 22.9 Å². The number of aromatic nitrogens is 2. The number of nitrogens with zero attached hydrogens (tertiary/aromatic N) is 3. The molecule has 0 radical (unpaired) electrons. The average molecular weight is 468 g/mol. The zero-order chi connectivity index (χ0) is 23.0. The van der Waals surface area contributed by atoms with Gasteiger partial charge in [0.25, 0.3) is 0 Å². The molecule has 0 atom stereocenters. The van der Waals surface area contributed by atoms with E-state index >= 15 is 0 Å². The van der Waals surface area contributed by atoms with Crippen molar-refractivity contribution in [2.75, 3.05) is 19.8 Å². The monoisotopic (exact) mass is 467 g/mol. The van der Waals surface area contributed by atoms with Crippen molar-refractivity contribution in [2.24, 2.45) is 0 Å². The Balaban J connectivity index is 1.61. The van der Waals surface area contributed by atoms with Crippen LogP contribution >= 0.6 is 11.6 Å². The van der Waals surface area contributed by atoms with Gasteiger partial charge < -0.3 is 14.0 Å². The molecule has 1 aliphatic rings. The molecular formula is C27H34ClN3O2. The maximum absolute atomic E-state index is 6.76. The third-order valence-corrected chi connectivity index (χ3v) is 6.31. The fourth-order valence-corrected chi connectivity index (χ4v) is 4.47. The number of hydrogen-bond donors (Lipinski definition) is 0. The summed E-state index contributed by atoms with van der Waals surface area (Å²) >= 11 is 6.76. The third-order valence-electron chi connectivity index (χ3n) is 6.00. The molecule has 5 nitrogen and oxygen atoms in total. The Morgan fingerprint density at radius 3 is 2.45 bits per heavy atom. The van der Waals surface area contributed by atoms with Crippen LogP contribution in [0.1, 0.15) is 50.8 Å². The molecule has 2 heterocycles. The molecule has 2 aromatic carbocycles. The highest BCUT2D eigenvalue weighted by Crippen LogP contribution is 2.32. The predicted molar refractivity (Wildman–Crippen MR) is 134 cm³/mol. The van der Waals surface area contributed by atoms with E-state index in [-0.39, 0.29) is 0 Å². The van der Waals surface area contributed by atoms with Crippen molar-refractivity contribution in [1.82, 2.24) is 14.5 Å². The second-order valence-corrected chi connectivity index (χ2v) is 8.94. The first-order chi connectivity index (χ1) is 16.2. The lowest BCUT2D eigenvalue weighted by atomic mass is 10.1. The van der Waals surface area contributed by atoms with Crippen molar-refractivity contribution in [2.45, 2.75) is 59.2 Å². The molecule has 0 saturated carbocycles. The molecule has 0 amide bonds. The summed E-state index contributed by atoms with van der Waals surface area (Å²) in [5.74, 6) is 2.63. The van der Waals surface area contributed by atoms with E-state index in [1.807, 2.05) is 12.1 Å². The number of hydrogen-bond acceptors (Lipinski definition) is 4. The van der Waals surface area contributed by atoms with E-state index in [1.165, 1.54) is 5.56 Å². The maximum Gasteiger partial charge on any atom is 0.161 e. The molecule has 6 heteroatoms. The van der Waals surface area contributed by atoms with Crippen molar-refractivity contribution in [1.29, 1.82) is 0 Å². The van der Waals surface area contributed by atoms with Crippen LogP contribution in [0.3, 0.4) is 0 Å². The Labute approximate surface area is 202 Å². The van der Waals surface area contributed by atoms with E-state index in [9.17, 15) is 0 Å². The molecule has 1 aliphatic heterocycles. The van der Waals surface area contributed by atoms with Crippen LogP contribution in [-0.4, -0.2) is 34.2 Å². The molecule has 3 aromatic rings. The van der Waals surface area contributed by atoms with Crippen LogP contribution in [-0.2, 0) is 19.6 Å². The molecule has 0 N–H and O–H groups in total. The lowest BCUT2D eigenvalue weighted by Gasteiger charge is -2.25. The largest absolute Gasteiger partial charge is 0.486 e. The van der Waals surface area contributed by atoms with E-state index in [0.717, 1.165) is 80.4 Å². The highest BCUT2D eigenvalue weighted by molar-refractivity contribution is 6.30. The number of fused-ring (bicyclic) bond motifs is 1. The zero-order valence-corrected chi connectivity index (χ0v) is 20.5. The fraction of sp³-hybridized carbons (Fsp3) is 0.444. The summed E-state index contributed by atoms with van der Waals surface area (Å²) in [6.45, 7) is 9.17. The van der Waals surface area contributed by atoms with E-state index in [0.29, 0.717) is 18.4 Å². The summed E-state index contributed by atoms with van der Waals surface area (Å²) in [6, 6.07) is 16.6. The van der Waals surface area contributed by atoms with Crippen molar-refractivity contribution in [3.05, 3.63) is 64.9 Å². The average Bonchev–Trinajstić information content (AvgIpc) is 3.16. The summed E-state index contributed by atoms with van der Waals surface area (Å²) in [5, 5.41) is 0.605. The van der Waals surface area contributed by atoms with E-state index in [1.54, 1.807) is 0 Å². The molecule has 33 heavy (non-hydrogen) atoms. The standard InChI is InChI=1S/C27H34ClN3O2/c1-3-5-14-30(19-21-12-13-24-25(18-21)33-17-16-32-24)20-23-26(28)29-27(31(23)15-6-4-2)22-10-8-7-9-11-22/h7-13,18H,3-6,14-17,19-20H2,1-2H3. The fourth-order valence-electron chi connectivity index (χ4n) is 4.22. The Kier molecular flexibility index (Phi) is 8.30. The van der Waals surface area contributed by atoms with Crippen LogP contribution in [0.15, 0.2) is 48.5 Å². The molecular weight excluding hydrogens is 434 g/mol. The summed E-state index contributed by atoms with van der Waals surface area (Å²) in [5.41, 5.74) is 3.42. The first-order valence-corrected chi connectivity index (χ1v) is 12.5. The van der Waals surface area contributed by atoms with Crippen LogP contribution in [0.4, 0.5) is 0 Å². The second-order valence-electron chi connectivity index (χ2n) is 8.59. The predicted octanol–water partition coefficient (Wildman–Crippen LogP) is 6.58. The summed E-state index contributed by atoms with van der Waals surface area (Å²) in [6.07, 6.45) is 4.50.